The van der Waals surface area contributed by atoms with E-state index in [4.69, 9.17) is 27.9 Å². The van der Waals surface area contributed by atoms with Gasteiger partial charge in [0.2, 0.25) is 0 Å². The molecule has 2 rings (SSSR count). The summed E-state index contributed by atoms with van der Waals surface area (Å²) < 4.78 is 4.21. The number of rotatable bonds is 4. The number of hydrogen-bond donors (Lipinski definition) is 0. The Hall–Kier alpha value is -1.02. The Labute approximate surface area is 117 Å². The second kappa shape index (κ2) is 5.75. The van der Waals surface area contributed by atoms with Gasteiger partial charge in [-0.15, -0.1) is 0 Å². The maximum atomic E-state index is 6.47. The molecule has 0 fully saturated rings. The molecule has 3 heteroatoms. The van der Waals surface area contributed by atoms with E-state index >= 15 is 0 Å². The molecule has 2 aromatic rings. The minimum atomic E-state index is -1.20. The molecule has 0 aliphatic heterocycles. The Morgan fingerprint density at radius 2 is 1.39 bits per heavy atom. The van der Waals surface area contributed by atoms with Crippen molar-refractivity contribution < 1.29 is 4.74 Å². The first-order valence-electron chi connectivity index (χ1n) is 5.56. The lowest BCUT2D eigenvalue weighted by Gasteiger charge is -2.28. The number of alkyl halides is 2. The third kappa shape index (κ3) is 2.69. The Morgan fingerprint density at radius 1 is 0.889 bits per heavy atom. The molecule has 0 N–H and O–H groups in total. The van der Waals surface area contributed by atoms with Crippen molar-refractivity contribution in [2.45, 2.75) is 4.33 Å². The van der Waals surface area contributed by atoms with Gasteiger partial charge in [-0.1, -0.05) is 83.9 Å². The van der Waals surface area contributed by atoms with Crippen molar-refractivity contribution in [3.05, 3.63) is 77.9 Å². The van der Waals surface area contributed by atoms with Gasteiger partial charge in [-0.05, 0) is 11.1 Å². The minimum Gasteiger partial charge on any atom is -0.366 e. The fourth-order valence-corrected chi connectivity index (χ4v) is 2.42. The van der Waals surface area contributed by atoms with Crippen LogP contribution in [0.1, 0.15) is 11.1 Å². The summed E-state index contributed by atoms with van der Waals surface area (Å²) in [5, 5.41) is 0. The first kappa shape index (κ1) is 13.4. The van der Waals surface area contributed by atoms with Crippen molar-refractivity contribution in [1.29, 1.82) is 0 Å². The van der Waals surface area contributed by atoms with Gasteiger partial charge < -0.3 is 4.74 Å². The van der Waals surface area contributed by atoms with Gasteiger partial charge >= 0.3 is 0 Å². The van der Waals surface area contributed by atoms with E-state index in [1.54, 1.807) is 7.11 Å². The molecule has 0 saturated carbocycles. The van der Waals surface area contributed by atoms with Crippen molar-refractivity contribution in [1.82, 2.24) is 0 Å². The molecule has 1 nitrogen and oxygen atoms in total. The summed E-state index contributed by atoms with van der Waals surface area (Å²) >= 11 is 12.9. The minimum absolute atomic E-state index is 0.526. The first-order valence-corrected chi connectivity index (χ1v) is 6.32. The van der Waals surface area contributed by atoms with Gasteiger partial charge in [0.05, 0.1) is 0 Å². The van der Waals surface area contributed by atoms with Crippen LogP contribution in [0.4, 0.5) is 0 Å². The number of ether oxygens (including phenoxy) is 1. The molecule has 0 unspecified atom stereocenters. The molecule has 0 amide bonds. The molecular weight excluding hydrogens is 267 g/mol. The highest BCUT2D eigenvalue weighted by atomic mass is 35.5. The highest BCUT2D eigenvalue weighted by Gasteiger charge is 2.39. The molecule has 0 saturated heterocycles. The van der Waals surface area contributed by atoms with E-state index in [1.165, 1.54) is 0 Å². The van der Waals surface area contributed by atoms with Crippen LogP contribution in [0.25, 0.3) is 0 Å². The lowest BCUT2D eigenvalue weighted by atomic mass is 10.00. The van der Waals surface area contributed by atoms with Crippen LogP contribution in [0.5, 0.6) is 0 Å². The van der Waals surface area contributed by atoms with Crippen molar-refractivity contribution >= 4 is 23.2 Å². The highest BCUT2D eigenvalue weighted by Crippen LogP contribution is 2.45. The summed E-state index contributed by atoms with van der Waals surface area (Å²) in [6.45, 7) is 0. The largest absolute Gasteiger partial charge is 0.366 e. The first-order chi connectivity index (χ1) is 8.66. The number of methoxy groups -OCH3 is 1. The van der Waals surface area contributed by atoms with Gasteiger partial charge in [-0.3, -0.25) is 0 Å². The molecule has 2 aromatic carbocycles. The van der Waals surface area contributed by atoms with Crippen LogP contribution in [0.2, 0.25) is 0 Å². The van der Waals surface area contributed by atoms with Gasteiger partial charge in [0, 0.05) is 7.11 Å². The van der Waals surface area contributed by atoms with Gasteiger partial charge in [-0.2, -0.15) is 0 Å². The molecule has 93 valence electrons. The Bertz CT molecular complexity index is 482. The third-order valence-corrected chi connectivity index (χ3v) is 3.44. The van der Waals surface area contributed by atoms with Crippen molar-refractivity contribution in [3.8, 4) is 0 Å². The number of hydrogen-bond acceptors (Lipinski definition) is 1. The van der Waals surface area contributed by atoms with E-state index in [0.717, 1.165) is 11.1 Å². The van der Waals surface area contributed by atoms with Gasteiger partial charge in [0.15, 0.2) is 10.4 Å². The summed E-state index contributed by atoms with van der Waals surface area (Å²) in [5.74, 6) is 0. The quantitative estimate of drug-likeness (QED) is 0.747. The lowest BCUT2D eigenvalue weighted by Crippen LogP contribution is -2.24. The van der Waals surface area contributed by atoms with Crippen molar-refractivity contribution in [2.24, 2.45) is 0 Å². The molecule has 0 aromatic heterocycles. The van der Waals surface area contributed by atoms with E-state index in [2.05, 4.69) is 0 Å². The average Bonchev–Trinajstić information content (AvgIpc) is 2.41. The predicted molar refractivity (Wildman–Crippen MR) is 75.6 cm³/mol. The van der Waals surface area contributed by atoms with E-state index in [-0.39, 0.29) is 0 Å². The van der Waals surface area contributed by atoms with Crippen LogP contribution in [-0.2, 0) is 9.07 Å². The maximum absolute atomic E-state index is 6.47. The van der Waals surface area contributed by atoms with Crippen LogP contribution in [0.15, 0.2) is 60.7 Å². The monoisotopic (exact) mass is 279 g/mol. The fraction of sp³-hybridized carbons (Fsp3) is 0.133. The second-order valence-electron chi connectivity index (χ2n) is 3.84. The fourth-order valence-electron chi connectivity index (χ4n) is 1.80. The topological polar surface area (TPSA) is 9.23 Å². The summed E-state index contributed by atoms with van der Waals surface area (Å²) in [4.78, 5) is 0. The van der Waals surface area contributed by atoms with Gasteiger partial charge in [-0.25, -0.2) is 0 Å². The molecule has 0 aliphatic carbocycles. The Balaban J connectivity index is 2.38. The van der Waals surface area contributed by atoms with Crippen LogP contribution < -0.4 is 0 Å². The van der Waals surface area contributed by atoms with Crippen molar-refractivity contribution in [2.75, 3.05) is 7.11 Å². The zero-order chi connectivity index (χ0) is 13.0. The van der Waals surface area contributed by atoms with E-state index in [0.29, 0.717) is 6.10 Å². The highest BCUT2D eigenvalue weighted by molar-refractivity contribution is 6.49. The zero-order valence-electron chi connectivity index (χ0n) is 9.94. The zero-order valence-corrected chi connectivity index (χ0v) is 11.4. The Morgan fingerprint density at radius 3 is 1.89 bits per heavy atom. The van der Waals surface area contributed by atoms with Crippen molar-refractivity contribution in [3.63, 3.8) is 0 Å². The smallest absolute Gasteiger partial charge is 0.179 e. The molecule has 0 aliphatic rings. The predicted octanol–water partition coefficient (Wildman–Crippen LogP) is 4.54. The normalized spacial score (nSPS) is 11.8. The molecule has 0 bridgehead atoms. The summed E-state index contributed by atoms with van der Waals surface area (Å²) in [7, 11) is 1.57. The van der Waals surface area contributed by atoms with E-state index in [1.807, 2.05) is 60.7 Å². The van der Waals surface area contributed by atoms with Crippen LogP contribution in [0, 0.1) is 6.10 Å². The maximum Gasteiger partial charge on any atom is 0.179 e. The summed E-state index contributed by atoms with van der Waals surface area (Å²) in [6.07, 6.45) is 0.526. The van der Waals surface area contributed by atoms with Crippen LogP contribution in [-0.4, -0.2) is 7.11 Å². The summed E-state index contributed by atoms with van der Waals surface area (Å²) in [6, 6.07) is 19.1. The van der Waals surface area contributed by atoms with E-state index in [9.17, 15) is 0 Å². The third-order valence-electron chi connectivity index (χ3n) is 2.66. The van der Waals surface area contributed by atoms with E-state index < -0.39 is 4.33 Å². The molecule has 0 heterocycles. The van der Waals surface area contributed by atoms with Crippen LogP contribution in [0.3, 0.4) is 0 Å². The Kier molecular flexibility index (Phi) is 4.28. The standard InChI is InChI=1S/C15H13Cl2O/c1-18-14(12-8-4-2-5-9-12)15(16,17)13-10-6-3-7-11-13/h2-11H,1H3. The lowest BCUT2D eigenvalue weighted by molar-refractivity contribution is 0.211. The van der Waals surface area contributed by atoms with Gasteiger partial charge in [0.25, 0.3) is 0 Å². The average molecular weight is 280 g/mol. The number of benzene rings is 2. The SMILES string of the molecule is CO[C](c1ccccc1)C(Cl)(Cl)c1ccccc1. The second-order valence-corrected chi connectivity index (χ2v) is 5.17. The molecule has 1 radical (unpaired) electrons. The number of halogens is 2. The van der Waals surface area contributed by atoms with Gasteiger partial charge in [0.1, 0.15) is 0 Å². The molecule has 18 heavy (non-hydrogen) atoms. The molecule has 0 atom stereocenters. The molecule has 0 spiro atoms. The molecular formula is C15H13Cl2O. The summed E-state index contributed by atoms with van der Waals surface area (Å²) in [5.41, 5.74) is 1.66. The van der Waals surface area contributed by atoms with Crippen LogP contribution >= 0.6 is 23.2 Å².